The van der Waals surface area contributed by atoms with Gasteiger partial charge >= 0.3 is 5.71 Å². The van der Waals surface area contributed by atoms with Crippen LogP contribution in [0.1, 0.15) is 0 Å². The molecular formula is C3N4. The second-order valence-electron chi connectivity index (χ2n) is 0.672. The molecule has 0 aliphatic carbocycles. The molecule has 0 radical (unpaired) electrons. The third kappa shape index (κ3) is 1.28. The van der Waals surface area contributed by atoms with Crippen molar-refractivity contribution in [3.8, 4) is 12.1 Å². The van der Waals surface area contributed by atoms with Gasteiger partial charge in [-0.05, 0) is 0 Å². The summed E-state index contributed by atoms with van der Waals surface area (Å²) < 4.78 is 0. The summed E-state index contributed by atoms with van der Waals surface area (Å²) in [6.07, 6.45) is 0. The van der Waals surface area contributed by atoms with Crippen molar-refractivity contribution in [3.63, 3.8) is 0 Å². The van der Waals surface area contributed by atoms with Crippen LogP contribution in [0.3, 0.4) is 0 Å². The molecule has 0 aromatic heterocycles. The summed E-state index contributed by atoms with van der Waals surface area (Å²) in [7, 11) is 0. The highest BCUT2D eigenvalue weighted by Gasteiger charge is 1.97. The molecule has 7 heavy (non-hydrogen) atoms. The highest BCUT2D eigenvalue weighted by Crippen LogP contribution is 1.56. The van der Waals surface area contributed by atoms with Crippen LogP contribution in [0.4, 0.5) is 0 Å². The van der Waals surface area contributed by atoms with Crippen molar-refractivity contribution in [2.24, 2.45) is 0 Å². The largest absolute Gasteiger partial charge is 0.468 e. The molecule has 0 fully saturated rings. The number of nitrogens with zero attached hydrogens (tertiary/aromatic N) is 4. The quantitative estimate of drug-likeness (QED) is 0.233. The minimum Gasteiger partial charge on any atom is -0.359 e. The topological polar surface area (TPSA) is 84.0 Å². The third-order valence-corrected chi connectivity index (χ3v) is 0.312. The molecule has 0 aliphatic heterocycles. The maximum absolute atomic E-state index is 7.76. The molecule has 32 valence electrons. The van der Waals surface area contributed by atoms with E-state index in [9.17, 15) is 0 Å². The van der Waals surface area contributed by atoms with Crippen molar-refractivity contribution < 1.29 is 4.79 Å². The predicted octanol–water partition coefficient (Wildman–Crippen LogP) is -0.296. The average molecular weight is 92.1 g/mol. The van der Waals surface area contributed by atoms with E-state index >= 15 is 0 Å². The van der Waals surface area contributed by atoms with E-state index in [0.717, 1.165) is 0 Å². The molecule has 0 unspecified atom stereocenters. The van der Waals surface area contributed by atoms with Gasteiger partial charge < -0.3 is 5.53 Å². The van der Waals surface area contributed by atoms with Gasteiger partial charge in [0.15, 0.2) is 0 Å². The Balaban J connectivity index is 4.35. The SMILES string of the molecule is N#CC(C#N)=[N+]=[N-]. The summed E-state index contributed by atoms with van der Waals surface area (Å²) in [5, 5.41) is 15.5. The molecule has 0 aromatic rings. The molecule has 0 rings (SSSR count). The van der Waals surface area contributed by atoms with Gasteiger partial charge in [0.05, 0.1) is 0 Å². The fraction of sp³-hybridized carbons (Fsp3) is 0. The lowest BCUT2D eigenvalue weighted by molar-refractivity contribution is -0.000235. The van der Waals surface area contributed by atoms with Crippen molar-refractivity contribution in [1.29, 1.82) is 10.5 Å². The lowest BCUT2D eigenvalue weighted by Gasteiger charge is -1.48. The van der Waals surface area contributed by atoms with Gasteiger partial charge in [-0.1, -0.05) is 0 Å². The van der Waals surface area contributed by atoms with Crippen LogP contribution in [0.25, 0.3) is 5.53 Å². The van der Waals surface area contributed by atoms with Crippen molar-refractivity contribution in [1.82, 2.24) is 0 Å². The van der Waals surface area contributed by atoms with Crippen LogP contribution in [0.5, 0.6) is 0 Å². The Morgan fingerprint density at radius 2 is 1.86 bits per heavy atom. The van der Waals surface area contributed by atoms with Gasteiger partial charge in [-0.2, -0.15) is 10.5 Å². The van der Waals surface area contributed by atoms with Crippen molar-refractivity contribution in [2.45, 2.75) is 0 Å². The molecule has 0 aromatic carbocycles. The fourth-order valence-corrected chi connectivity index (χ4v) is 0.0697. The molecule has 0 N–H and O–H groups in total. The van der Waals surface area contributed by atoms with E-state index in [-0.39, 0.29) is 0 Å². The van der Waals surface area contributed by atoms with Crippen LogP contribution >= 0.6 is 0 Å². The second kappa shape index (κ2) is 2.59. The minimum atomic E-state index is -0.528. The van der Waals surface area contributed by atoms with Crippen LogP contribution in [-0.4, -0.2) is 10.5 Å². The number of rotatable bonds is 0. The first kappa shape index (κ1) is 5.36. The van der Waals surface area contributed by atoms with Gasteiger partial charge in [-0.15, -0.1) is 4.79 Å². The van der Waals surface area contributed by atoms with Crippen LogP contribution in [0, 0.1) is 22.7 Å². The van der Waals surface area contributed by atoms with Gasteiger partial charge in [0.2, 0.25) is 12.1 Å². The van der Waals surface area contributed by atoms with Crippen molar-refractivity contribution >= 4 is 5.71 Å². The van der Waals surface area contributed by atoms with Gasteiger partial charge in [0.25, 0.3) is 0 Å². The molecule has 0 saturated carbocycles. The summed E-state index contributed by atoms with van der Waals surface area (Å²) in [6.45, 7) is 0. The van der Waals surface area contributed by atoms with Gasteiger partial charge in [-0.25, -0.2) is 0 Å². The predicted molar refractivity (Wildman–Crippen MR) is 19.9 cm³/mol. The van der Waals surface area contributed by atoms with E-state index in [1.54, 1.807) is 0 Å². The average Bonchev–Trinajstić information content (AvgIpc) is 1.72. The normalized spacial score (nSPS) is 4.86. The molecule has 0 aliphatic rings. The molecule has 0 spiro atoms. The lowest BCUT2D eigenvalue weighted by Crippen LogP contribution is -1.86. The van der Waals surface area contributed by atoms with Crippen LogP contribution in [0.2, 0.25) is 0 Å². The number of hydrogen-bond donors (Lipinski definition) is 0. The first-order valence-corrected chi connectivity index (χ1v) is 1.37. The van der Waals surface area contributed by atoms with E-state index < -0.39 is 5.71 Å². The number of nitriles is 2. The standard InChI is InChI=1S/C3N4/c4-1-3(2-5)7-6. The first-order valence-electron chi connectivity index (χ1n) is 1.37. The smallest absolute Gasteiger partial charge is 0.359 e. The van der Waals surface area contributed by atoms with E-state index in [1.807, 2.05) is 0 Å². The zero-order valence-electron chi connectivity index (χ0n) is 3.29. The molecule has 0 saturated heterocycles. The maximum Gasteiger partial charge on any atom is 0.468 e. The summed E-state index contributed by atoms with van der Waals surface area (Å²) >= 11 is 0. The molecule has 0 heterocycles. The van der Waals surface area contributed by atoms with Gasteiger partial charge in [0, 0.05) is 0 Å². The zero-order chi connectivity index (χ0) is 5.70. The Hall–Kier alpha value is -1.64. The van der Waals surface area contributed by atoms with Crippen LogP contribution in [0.15, 0.2) is 0 Å². The highest BCUT2D eigenvalue weighted by atomic mass is 14.9. The maximum atomic E-state index is 7.76. The monoisotopic (exact) mass is 92.0 g/mol. The van der Waals surface area contributed by atoms with Crippen molar-refractivity contribution in [3.05, 3.63) is 5.53 Å². The summed E-state index contributed by atoms with van der Waals surface area (Å²) in [4.78, 5) is 2.32. The van der Waals surface area contributed by atoms with E-state index in [1.165, 1.54) is 12.1 Å². The summed E-state index contributed by atoms with van der Waals surface area (Å²) in [5.74, 6) is 0. The minimum absolute atomic E-state index is 0.528. The van der Waals surface area contributed by atoms with Gasteiger partial charge in [-0.3, -0.25) is 0 Å². The zero-order valence-corrected chi connectivity index (χ0v) is 3.29. The fourth-order valence-electron chi connectivity index (χ4n) is 0.0697. The molecule has 0 atom stereocenters. The van der Waals surface area contributed by atoms with E-state index in [0.29, 0.717) is 0 Å². The Kier molecular flexibility index (Phi) is 1.98. The molecule has 0 amide bonds. The summed E-state index contributed by atoms with van der Waals surface area (Å²) in [6, 6.07) is 2.68. The Morgan fingerprint density at radius 3 is 1.86 bits per heavy atom. The summed E-state index contributed by atoms with van der Waals surface area (Å²) in [5.41, 5.74) is 7.14. The Labute approximate surface area is 39.8 Å². The van der Waals surface area contributed by atoms with Crippen LogP contribution in [-0.2, 0) is 0 Å². The van der Waals surface area contributed by atoms with E-state index in [4.69, 9.17) is 16.1 Å². The number of hydrogen-bond acceptors (Lipinski definition) is 2. The molecule has 4 heteroatoms. The van der Waals surface area contributed by atoms with E-state index in [2.05, 4.69) is 4.79 Å². The lowest BCUT2D eigenvalue weighted by atomic mass is 10.5. The molecule has 0 bridgehead atoms. The molecular weight excluding hydrogens is 92.1 g/mol. The third-order valence-electron chi connectivity index (χ3n) is 0.312. The van der Waals surface area contributed by atoms with Crippen molar-refractivity contribution in [2.75, 3.05) is 0 Å². The second-order valence-corrected chi connectivity index (χ2v) is 0.672. The highest BCUT2D eigenvalue weighted by molar-refractivity contribution is 6.05. The Bertz CT molecular complexity index is 168. The van der Waals surface area contributed by atoms with Gasteiger partial charge in [0.1, 0.15) is 0 Å². The Morgan fingerprint density at radius 1 is 1.43 bits per heavy atom. The molecule has 4 nitrogen and oxygen atoms in total. The first-order chi connectivity index (χ1) is 3.35. The van der Waals surface area contributed by atoms with Crippen LogP contribution < -0.4 is 0 Å².